The molecule has 0 aliphatic rings. The molecule has 0 aliphatic heterocycles. The molecule has 0 unspecified atom stereocenters. The first-order valence-corrected chi connectivity index (χ1v) is 9.49. The Morgan fingerprint density at radius 2 is 1.87 bits per heavy atom. The summed E-state index contributed by atoms with van der Waals surface area (Å²) in [6.07, 6.45) is 6.32. The minimum Gasteiger partial charge on any atom is -0.368 e. The fourth-order valence-electron chi connectivity index (χ4n) is 3.24. The summed E-state index contributed by atoms with van der Waals surface area (Å²) in [5, 5.41) is 3.80. The summed E-state index contributed by atoms with van der Waals surface area (Å²) in [6, 6.07) is 7.18. The molecule has 4 aromatic rings. The monoisotopic (exact) mass is 399 g/mol. The van der Waals surface area contributed by atoms with E-state index in [1.807, 2.05) is 32.9 Å². The summed E-state index contributed by atoms with van der Waals surface area (Å²) in [7, 11) is 0. The molecule has 8 heteroatoms. The van der Waals surface area contributed by atoms with Crippen LogP contribution in [0.1, 0.15) is 40.1 Å². The molecule has 4 rings (SSSR count). The van der Waals surface area contributed by atoms with Crippen molar-refractivity contribution in [3.63, 3.8) is 0 Å². The van der Waals surface area contributed by atoms with Gasteiger partial charge in [0.15, 0.2) is 0 Å². The molecule has 150 valence electrons. The smallest absolute Gasteiger partial charge is 0.252 e. The third kappa shape index (κ3) is 3.67. The zero-order chi connectivity index (χ0) is 21.3. The summed E-state index contributed by atoms with van der Waals surface area (Å²) < 4.78 is 0. The van der Waals surface area contributed by atoms with E-state index in [1.165, 1.54) is 6.33 Å². The number of aryl methyl sites for hydroxylation is 2. The lowest BCUT2D eigenvalue weighted by Gasteiger charge is -2.16. The number of rotatable bonds is 4. The average molecular weight is 399 g/mol. The number of nitrogen functional groups attached to an aromatic ring is 1. The Morgan fingerprint density at radius 3 is 2.57 bits per heavy atom. The van der Waals surface area contributed by atoms with Gasteiger partial charge in [0.05, 0.1) is 28.5 Å². The number of benzene rings is 1. The fraction of sp³-hybridized carbons (Fsp3) is 0.182. The van der Waals surface area contributed by atoms with E-state index in [1.54, 1.807) is 30.7 Å². The van der Waals surface area contributed by atoms with Crippen molar-refractivity contribution in [1.29, 1.82) is 0 Å². The van der Waals surface area contributed by atoms with Crippen LogP contribution >= 0.6 is 0 Å². The largest absolute Gasteiger partial charge is 0.368 e. The van der Waals surface area contributed by atoms with Gasteiger partial charge in [0, 0.05) is 29.5 Å². The second-order valence-electron chi connectivity index (χ2n) is 7.12. The number of nitrogens with zero attached hydrogens (tertiary/aromatic N) is 5. The van der Waals surface area contributed by atoms with Crippen LogP contribution in [0, 0.1) is 13.8 Å². The van der Waals surface area contributed by atoms with Gasteiger partial charge in [0.2, 0.25) is 5.95 Å². The lowest BCUT2D eigenvalue weighted by Crippen LogP contribution is -2.27. The summed E-state index contributed by atoms with van der Waals surface area (Å²) in [4.78, 5) is 34.3. The van der Waals surface area contributed by atoms with E-state index in [4.69, 9.17) is 10.7 Å². The van der Waals surface area contributed by atoms with Crippen LogP contribution in [0.15, 0.2) is 49.2 Å². The van der Waals surface area contributed by atoms with Gasteiger partial charge >= 0.3 is 0 Å². The number of hydrogen-bond donors (Lipinski definition) is 2. The minimum atomic E-state index is -0.279. The molecule has 0 bridgehead atoms. The van der Waals surface area contributed by atoms with Crippen LogP contribution in [0.25, 0.3) is 22.2 Å². The number of carbonyl (C=O) groups excluding carboxylic acids is 1. The highest BCUT2D eigenvalue weighted by molar-refractivity contribution is 6.08. The van der Waals surface area contributed by atoms with E-state index in [0.29, 0.717) is 16.8 Å². The van der Waals surface area contributed by atoms with Gasteiger partial charge in [-0.05, 0) is 44.0 Å². The summed E-state index contributed by atoms with van der Waals surface area (Å²) in [5.41, 5.74) is 11.0. The lowest BCUT2D eigenvalue weighted by atomic mass is 9.99. The van der Waals surface area contributed by atoms with Gasteiger partial charge in [-0.25, -0.2) is 24.9 Å². The average Bonchev–Trinajstić information content (AvgIpc) is 2.76. The van der Waals surface area contributed by atoms with Gasteiger partial charge in [-0.3, -0.25) is 4.79 Å². The van der Waals surface area contributed by atoms with E-state index in [0.717, 1.165) is 27.7 Å². The first-order chi connectivity index (χ1) is 14.4. The maximum atomic E-state index is 13.2. The quantitative estimate of drug-likeness (QED) is 0.541. The molecule has 3 heterocycles. The molecule has 3 N–H and O–H groups in total. The lowest BCUT2D eigenvalue weighted by molar-refractivity contribution is 0.0940. The van der Waals surface area contributed by atoms with Crippen molar-refractivity contribution in [3.05, 3.63) is 71.6 Å². The highest BCUT2D eigenvalue weighted by atomic mass is 16.1. The maximum Gasteiger partial charge on any atom is 0.252 e. The van der Waals surface area contributed by atoms with Crippen LogP contribution in [0.3, 0.4) is 0 Å². The normalized spacial score (nSPS) is 12.0. The Kier molecular flexibility index (Phi) is 5.05. The molecule has 30 heavy (non-hydrogen) atoms. The van der Waals surface area contributed by atoms with Crippen molar-refractivity contribution in [2.24, 2.45) is 0 Å². The van der Waals surface area contributed by atoms with Crippen LogP contribution in [-0.2, 0) is 0 Å². The summed E-state index contributed by atoms with van der Waals surface area (Å²) in [6.45, 7) is 5.90. The number of carbonyl (C=O) groups is 1. The van der Waals surface area contributed by atoms with Gasteiger partial charge in [-0.2, -0.15) is 0 Å². The van der Waals surface area contributed by atoms with Crippen molar-refractivity contribution in [2.75, 3.05) is 5.73 Å². The van der Waals surface area contributed by atoms with Crippen molar-refractivity contribution < 1.29 is 4.79 Å². The number of amides is 1. The van der Waals surface area contributed by atoms with Crippen molar-refractivity contribution in [2.45, 2.75) is 26.8 Å². The molecular formula is C22H21N7O. The predicted molar refractivity (Wildman–Crippen MR) is 115 cm³/mol. The van der Waals surface area contributed by atoms with Crippen LogP contribution in [0.2, 0.25) is 0 Å². The minimum absolute atomic E-state index is 0.184. The van der Waals surface area contributed by atoms with Gasteiger partial charge in [0.1, 0.15) is 6.33 Å². The summed E-state index contributed by atoms with van der Waals surface area (Å²) >= 11 is 0. The van der Waals surface area contributed by atoms with E-state index in [2.05, 4.69) is 25.3 Å². The Balaban J connectivity index is 1.82. The Labute approximate surface area is 173 Å². The molecule has 0 saturated heterocycles. The van der Waals surface area contributed by atoms with Gasteiger partial charge < -0.3 is 11.1 Å². The SMILES string of the molecule is Cc1ccc2c(C(=O)N[C@@H](C)c3ccncn3)cc(-c3cnc(N)nc3)nc2c1C. The van der Waals surface area contributed by atoms with Crippen molar-refractivity contribution in [3.8, 4) is 11.3 Å². The van der Waals surface area contributed by atoms with Crippen molar-refractivity contribution in [1.82, 2.24) is 30.2 Å². The molecule has 0 spiro atoms. The zero-order valence-corrected chi connectivity index (χ0v) is 16.9. The fourth-order valence-corrected chi connectivity index (χ4v) is 3.24. The topological polar surface area (TPSA) is 120 Å². The van der Waals surface area contributed by atoms with Crippen LogP contribution < -0.4 is 11.1 Å². The highest BCUT2D eigenvalue weighted by Gasteiger charge is 2.18. The number of pyridine rings is 1. The highest BCUT2D eigenvalue weighted by Crippen LogP contribution is 2.28. The number of nitrogens with one attached hydrogen (secondary N) is 1. The molecule has 0 saturated carbocycles. The predicted octanol–water partition coefficient (Wildman–Crippen LogP) is 3.17. The molecular weight excluding hydrogens is 378 g/mol. The first kappa shape index (κ1) is 19.4. The number of fused-ring (bicyclic) bond motifs is 1. The zero-order valence-electron chi connectivity index (χ0n) is 16.9. The molecule has 1 amide bonds. The maximum absolute atomic E-state index is 13.2. The molecule has 1 atom stereocenters. The second-order valence-corrected chi connectivity index (χ2v) is 7.12. The molecule has 8 nitrogen and oxygen atoms in total. The summed E-state index contributed by atoms with van der Waals surface area (Å²) in [5.74, 6) is -0.0300. The third-order valence-corrected chi connectivity index (χ3v) is 5.11. The number of nitrogens with two attached hydrogens (primary N) is 1. The first-order valence-electron chi connectivity index (χ1n) is 9.49. The Bertz CT molecular complexity index is 1220. The molecule has 0 fully saturated rings. The van der Waals surface area contributed by atoms with E-state index in [9.17, 15) is 4.79 Å². The van der Waals surface area contributed by atoms with Crippen LogP contribution in [-0.4, -0.2) is 30.8 Å². The Morgan fingerprint density at radius 1 is 1.10 bits per heavy atom. The van der Waals surface area contributed by atoms with Gasteiger partial charge in [-0.15, -0.1) is 0 Å². The number of aromatic nitrogens is 5. The molecule has 0 radical (unpaired) electrons. The van der Waals surface area contributed by atoms with Gasteiger partial charge in [0.25, 0.3) is 5.91 Å². The number of hydrogen-bond acceptors (Lipinski definition) is 7. The molecule has 0 aliphatic carbocycles. The van der Waals surface area contributed by atoms with Gasteiger partial charge in [-0.1, -0.05) is 12.1 Å². The van der Waals surface area contributed by atoms with E-state index < -0.39 is 0 Å². The standard InChI is InChI=1S/C22H21N7O/c1-12-4-5-16-17(21(30)28-14(3)18-6-7-24-11-27-18)8-19(29-20(16)13(12)2)15-9-25-22(23)26-10-15/h4-11,14H,1-3H3,(H,28,30)(H2,23,25,26)/t14-/m0/s1. The molecule has 3 aromatic heterocycles. The van der Waals surface area contributed by atoms with Crippen molar-refractivity contribution >= 4 is 22.8 Å². The third-order valence-electron chi connectivity index (χ3n) is 5.11. The van der Waals surface area contributed by atoms with Crippen LogP contribution in [0.5, 0.6) is 0 Å². The number of anilines is 1. The van der Waals surface area contributed by atoms with Crippen LogP contribution in [0.4, 0.5) is 5.95 Å². The molecule has 1 aromatic carbocycles. The van der Waals surface area contributed by atoms with E-state index >= 15 is 0 Å². The second kappa shape index (κ2) is 7.82. The Hall–Kier alpha value is -3.94. The van der Waals surface area contributed by atoms with E-state index in [-0.39, 0.29) is 17.9 Å².